The Morgan fingerprint density at radius 1 is 0.968 bits per heavy atom. The largest absolute Gasteiger partial charge is 0.389 e. The summed E-state index contributed by atoms with van der Waals surface area (Å²) in [5.74, 6) is -0.335. The lowest BCUT2D eigenvalue weighted by Crippen LogP contribution is -2.57. The van der Waals surface area contributed by atoms with E-state index in [1.165, 1.54) is 0 Å². The molecule has 3 aliphatic rings. The molecule has 1 aliphatic carbocycles. The summed E-state index contributed by atoms with van der Waals surface area (Å²) in [6, 6.07) is 8.82. The van der Waals surface area contributed by atoms with Gasteiger partial charge < -0.3 is 20.2 Å². The fourth-order valence-corrected chi connectivity index (χ4v) is 5.39. The summed E-state index contributed by atoms with van der Waals surface area (Å²) in [7, 11) is 0. The quantitative estimate of drug-likeness (QED) is 0.767. The Morgan fingerprint density at radius 2 is 1.77 bits per heavy atom. The average Bonchev–Trinajstić information content (AvgIpc) is 2.82. The van der Waals surface area contributed by atoms with Gasteiger partial charge in [0.2, 0.25) is 11.8 Å². The van der Waals surface area contributed by atoms with Crippen LogP contribution in [0.2, 0.25) is 0 Å². The molecule has 1 aromatic carbocycles. The summed E-state index contributed by atoms with van der Waals surface area (Å²) in [5.41, 5.74) is -0.0737. The first kappa shape index (κ1) is 21.8. The number of likely N-dealkylation sites (tertiary alicyclic amines) is 2. The number of hydrogen-bond acceptors (Lipinski definition) is 4. The number of benzene rings is 1. The highest BCUT2D eigenvalue weighted by Gasteiger charge is 2.44. The Labute approximate surface area is 183 Å². The molecule has 3 amide bonds. The van der Waals surface area contributed by atoms with E-state index in [2.05, 4.69) is 5.32 Å². The molecule has 2 aliphatic heterocycles. The smallest absolute Gasteiger partial charge is 0.251 e. The van der Waals surface area contributed by atoms with Crippen molar-refractivity contribution in [2.24, 2.45) is 11.8 Å². The molecule has 168 valence electrons. The van der Waals surface area contributed by atoms with Gasteiger partial charge in [-0.15, -0.1) is 0 Å². The van der Waals surface area contributed by atoms with Crippen molar-refractivity contribution in [2.75, 3.05) is 32.7 Å². The van der Waals surface area contributed by atoms with Crippen molar-refractivity contribution in [3.63, 3.8) is 0 Å². The lowest BCUT2D eigenvalue weighted by atomic mass is 9.71. The predicted molar refractivity (Wildman–Crippen MR) is 116 cm³/mol. The molecule has 0 radical (unpaired) electrons. The van der Waals surface area contributed by atoms with Gasteiger partial charge in [-0.05, 0) is 44.2 Å². The number of fused-ring (bicyclic) bond motifs is 1. The van der Waals surface area contributed by atoms with Crippen LogP contribution in [0.4, 0.5) is 0 Å². The van der Waals surface area contributed by atoms with Gasteiger partial charge in [0.25, 0.3) is 5.91 Å². The lowest BCUT2D eigenvalue weighted by Gasteiger charge is -2.48. The summed E-state index contributed by atoms with van der Waals surface area (Å²) < 4.78 is 0. The zero-order valence-corrected chi connectivity index (χ0v) is 18.1. The Hall–Kier alpha value is -2.41. The van der Waals surface area contributed by atoms with Gasteiger partial charge >= 0.3 is 0 Å². The molecule has 3 atom stereocenters. The molecular weight excluding hydrogens is 394 g/mol. The standard InChI is InChI=1S/C24H33N3O4/c28-21(15-25-22(29)18-7-2-1-3-8-18)26-13-6-9-19(16-26)23(30)27-14-12-24(31)11-5-4-10-20(24)17-27/h1-3,7-8,19-20,31H,4-6,9-17H2,(H,25,29)/t19-,20+,24-/m0/s1. The monoisotopic (exact) mass is 427 g/mol. The normalized spacial score (nSPS) is 28.5. The van der Waals surface area contributed by atoms with Crippen LogP contribution in [0.3, 0.4) is 0 Å². The number of carbonyl (C=O) groups excluding carboxylic acids is 3. The summed E-state index contributed by atoms with van der Waals surface area (Å²) in [5, 5.41) is 13.6. The minimum absolute atomic E-state index is 0.0620. The van der Waals surface area contributed by atoms with Crippen molar-refractivity contribution in [3.05, 3.63) is 35.9 Å². The topological polar surface area (TPSA) is 90.0 Å². The molecular formula is C24H33N3O4. The summed E-state index contributed by atoms with van der Waals surface area (Å²) in [6.07, 6.45) is 6.25. The van der Waals surface area contributed by atoms with Gasteiger partial charge in [-0.1, -0.05) is 31.0 Å². The van der Waals surface area contributed by atoms with E-state index in [4.69, 9.17) is 0 Å². The highest BCUT2D eigenvalue weighted by Crippen LogP contribution is 2.40. The predicted octanol–water partition coefficient (Wildman–Crippen LogP) is 1.81. The van der Waals surface area contributed by atoms with Crippen LogP contribution in [0, 0.1) is 11.8 Å². The number of aliphatic hydroxyl groups is 1. The fraction of sp³-hybridized carbons (Fsp3) is 0.625. The Bertz CT molecular complexity index is 814. The van der Waals surface area contributed by atoms with E-state index in [9.17, 15) is 19.5 Å². The van der Waals surface area contributed by atoms with E-state index in [-0.39, 0.29) is 36.1 Å². The zero-order valence-electron chi connectivity index (χ0n) is 18.1. The van der Waals surface area contributed by atoms with Gasteiger partial charge in [-0.3, -0.25) is 14.4 Å². The maximum absolute atomic E-state index is 13.2. The van der Waals surface area contributed by atoms with E-state index in [1.54, 1.807) is 29.2 Å². The van der Waals surface area contributed by atoms with E-state index in [0.717, 1.165) is 38.5 Å². The van der Waals surface area contributed by atoms with Crippen LogP contribution >= 0.6 is 0 Å². The Morgan fingerprint density at radius 3 is 2.58 bits per heavy atom. The van der Waals surface area contributed by atoms with Gasteiger partial charge in [0.1, 0.15) is 0 Å². The summed E-state index contributed by atoms with van der Waals surface area (Å²) in [4.78, 5) is 41.7. The van der Waals surface area contributed by atoms with Crippen LogP contribution in [0.5, 0.6) is 0 Å². The molecule has 1 saturated carbocycles. The van der Waals surface area contributed by atoms with Crippen LogP contribution in [0.25, 0.3) is 0 Å². The van der Waals surface area contributed by atoms with Crippen LogP contribution < -0.4 is 5.32 Å². The SMILES string of the molecule is O=C(NCC(=O)N1CCC[C@H](C(=O)N2CC[C@@]3(O)CCCC[C@@H]3C2)C1)c1ccccc1. The highest BCUT2D eigenvalue weighted by atomic mass is 16.3. The molecule has 0 unspecified atom stereocenters. The molecule has 3 fully saturated rings. The third kappa shape index (κ3) is 4.92. The van der Waals surface area contributed by atoms with Crippen molar-refractivity contribution in [3.8, 4) is 0 Å². The number of piperidine rings is 2. The number of amides is 3. The first-order chi connectivity index (χ1) is 15.0. The van der Waals surface area contributed by atoms with E-state index in [1.807, 2.05) is 11.0 Å². The number of nitrogens with one attached hydrogen (secondary N) is 1. The van der Waals surface area contributed by atoms with Gasteiger partial charge in [0.05, 0.1) is 18.1 Å². The molecule has 7 nitrogen and oxygen atoms in total. The maximum atomic E-state index is 13.2. The highest BCUT2D eigenvalue weighted by molar-refractivity contribution is 5.96. The molecule has 4 rings (SSSR count). The van der Waals surface area contributed by atoms with Crippen molar-refractivity contribution >= 4 is 17.7 Å². The average molecular weight is 428 g/mol. The number of carbonyl (C=O) groups is 3. The van der Waals surface area contributed by atoms with Crippen LogP contribution in [-0.4, -0.2) is 71.0 Å². The number of rotatable bonds is 4. The van der Waals surface area contributed by atoms with Gasteiger partial charge in [0, 0.05) is 37.7 Å². The first-order valence-corrected chi connectivity index (χ1v) is 11.6. The Kier molecular flexibility index (Phi) is 6.60. The summed E-state index contributed by atoms with van der Waals surface area (Å²) in [6.45, 7) is 2.19. The van der Waals surface area contributed by atoms with Crippen molar-refractivity contribution < 1.29 is 19.5 Å². The minimum atomic E-state index is -0.597. The molecule has 1 aromatic rings. The molecule has 31 heavy (non-hydrogen) atoms. The van der Waals surface area contributed by atoms with Gasteiger partial charge in [0.15, 0.2) is 0 Å². The lowest BCUT2D eigenvalue weighted by molar-refractivity contribution is -0.150. The second-order valence-electron chi connectivity index (χ2n) is 9.31. The van der Waals surface area contributed by atoms with Gasteiger partial charge in [-0.2, -0.15) is 0 Å². The van der Waals surface area contributed by atoms with Crippen molar-refractivity contribution in [1.29, 1.82) is 0 Å². The first-order valence-electron chi connectivity index (χ1n) is 11.6. The Balaban J connectivity index is 1.29. The molecule has 2 N–H and O–H groups in total. The van der Waals surface area contributed by atoms with Crippen LogP contribution in [0.1, 0.15) is 55.3 Å². The molecule has 7 heteroatoms. The zero-order chi connectivity index (χ0) is 21.8. The minimum Gasteiger partial charge on any atom is -0.389 e. The third-order valence-corrected chi connectivity index (χ3v) is 7.30. The van der Waals surface area contributed by atoms with Crippen LogP contribution in [-0.2, 0) is 9.59 Å². The van der Waals surface area contributed by atoms with Crippen molar-refractivity contribution in [1.82, 2.24) is 15.1 Å². The van der Waals surface area contributed by atoms with E-state index < -0.39 is 5.60 Å². The second-order valence-corrected chi connectivity index (χ2v) is 9.31. The molecule has 0 aromatic heterocycles. The van der Waals surface area contributed by atoms with Gasteiger partial charge in [-0.25, -0.2) is 0 Å². The summed E-state index contributed by atoms with van der Waals surface area (Å²) >= 11 is 0. The number of hydrogen-bond donors (Lipinski definition) is 2. The number of nitrogens with zero attached hydrogens (tertiary/aromatic N) is 2. The fourth-order valence-electron chi connectivity index (χ4n) is 5.39. The molecule has 2 heterocycles. The maximum Gasteiger partial charge on any atom is 0.251 e. The molecule has 2 saturated heterocycles. The van der Waals surface area contributed by atoms with E-state index >= 15 is 0 Å². The van der Waals surface area contributed by atoms with E-state index in [0.29, 0.717) is 38.2 Å². The molecule has 0 bridgehead atoms. The third-order valence-electron chi connectivity index (χ3n) is 7.30. The van der Waals surface area contributed by atoms with Crippen molar-refractivity contribution in [2.45, 2.75) is 50.5 Å². The second kappa shape index (κ2) is 9.39. The van der Waals surface area contributed by atoms with Crippen LogP contribution in [0.15, 0.2) is 30.3 Å². The molecule has 0 spiro atoms.